The van der Waals surface area contributed by atoms with Crippen LogP contribution in [0.5, 0.6) is 5.75 Å². The fourth-order valence-electron chi connectivity index (χ4n) is 4.11. The van der Waals surface area contributed by atoms with Gasteiger partial charge in [0.25, 0.3) is 5.56 Å². The number of aromatic nitrogens is 1. The van der Waals surface area contributed by atoms with Crippen LogP contribution in [0.15, 0.2) is 76.1 Å². The normalized spacial score (nSPS) is 13.6. The molecule has 7 heteroatoms. The second-order valence-electron chi connectivity index (χ2n) is 7.80. The Balaban J connectivity index is 1.38. The maximum Gasteiger partial charge on any atom is 0.407 e. The number of hydrogen-bond donors (Lipinski definition) is 1. The van der Waals surface area contributed by atoms with Gasteiger partial charge in [0.1, 0.15) is 23.7 Å². The molecule has 0 radical (unpaired) electrons. The van der Waals surface area contributed by atoms with Gasteiger partial charge in [-0.25, -0.2) is 4.79 Å². The van der Waals surface area contributed by atoms with Crippen molar-refractivity contribution in [2.24, 2.45) is 0 Å². The minimum atomic E-state index is -0.905. The molecular weight excluding hydrogens is 408 g/mol. The third kappa shape index (κ3) is 3.85. The molecule has 2 aromatic heterocycles. The van der Waals surface area contributed by atoms with Crippen molar-refractivity contribution in [3.8, 4) is 11.4 Å². The monoisotopic (exact) mass is 430 g/mol. The first-order chi connectivity index (χ1) is 15.6. The Labute approximate surface area is 184 Å². The molecule has 0 spiro atoms. The number of hydrogen-bond acceptors (Lipinski definition) is 4. The number of nitrogens with zero attached hydrogens (tertiary/aromatic N) is 2. The number of carboxylic acid groups (broad SMARTS) is 1. The topological polar surface area (TPSA) is 84.9 Å². The third-order valence-corrected chi connectivity index (χ3v) is 5.79. The van der Waals surface area contributed by atoms with Gasteiger partial charge in [0.05, 0.1) is 5.69 Å². The van der Waals surface area contributed by atoms with E-state index in [1.165, 1.54) is 11.0 Å². The van der Waals surface area contributed by atoms with Gasteiger partial charge in [-0.15, -0.1) is 0 Å². The van der Waals surface area contributed by atoms with E-state index in [-0.39, 0.29) is 5.56 Å². The Hall–Kier alpha value is -4.00. The number of carbonyl (C=O) groups is 1. The van der Waals surface area contributed by atoms with Crippen molar-refractivity contribution < 1.29 is 19.1 Å². The molecule has 0 fully saturated rings. The maximum atomic E-state index is 12.7. The second-order valence-corrected chi connectivity index (χ2v) is 7.80. The fraction of sp³-hybridized carbons (Fsp3) is 0.200. The van der Waals surface area contributed by atoms with E-state index < -0.39 is 6.09 Å². The van der Waals surface area contributed by atoms with E-state index in [0.717, 1.165) is 22.3 Å². The maximum absolute atomic E-state index is 12.7. The lowest BCUT2D eigenvalue weighted by molar-refractivity contribution is 0.147. The molecule has 1 aliphatic heterocycles. The Bertz CT molecular complexity index is 1340. The highest BCUT2D eigenvalue weighted by atomic mass is 16.5. The van der Waals surface area contributed by atoms with Gasteiger partial charge >= 0.3 is 6.09 Å². The molecule has 0 unspecified atom stereocenters. The van der Waals surface area contributed by atoms with Crippen LogP contribution in [0.4, 0.5) is 4.79 Å². The molecule has 0 saturated heterocycles. The molecule has 1 aliphatic rings. The van der Waals surface area contributed by atoms with Crippen molar-refractivity contribution >= 4 is 17.1 Å². The van der Waals surface area contributed by atoms with Gasteiger partial charge in [-0.1, -0.05) is 30.3 Å². The first kappa shape index (κ1) is 19.9. The zero-order valence-corrected chi connectivity index (χ0v) is 17.4. The summed E-state index contributed by atoms with van der Waals surface area (Å²) in [4.78, 5) is 25.4. The first-order valence-electron chi connectivity index (χ1n) is 10.5. The number of fused-ring (bicyclic) bond motifs is 3. The van der Waals surface area contributed by atoms with Crippen LogP contribution < -0.4 is 10.3 Å². The van der Waals surface area contributed by atoms with E-state index >= 15 is 0 Å². The van der Waals surface area contributed by atoms with E-state index in [9.17, 15) is 14.7 Å². The highest BCUT2D eigenvalue weighted by molar-refractivity contribution is 5.84. The van der Waals surface area contributed by atoms with E-state index in [1.54, 1.807) is 16.8 Å². The highest BCUT2D eigenvalue weighted by Crippen LogP contribution is 2.30. The number of benzene rings is 2. The lowest BCUT2D eigenvalue weighted by Gasteiger charge is -2.15. The molecule has 0 aliphatic carbocycles. The summed E-state index contributed by atoms with van der Waals surface area (Å²) in [5.74, 6) is 1.33. The molecule has 7 nitrogen and oxygen atoms in total. The Morgan fingerprint density at radius 2 is 1.84 bits per heavy atom. The molecule has 1 amide bonds. The Morgan fingerprint density at radius 3 is 2.62 bits per heavy atom. The van der Waals surface area contributed by atoms with Gasteiger partial charge in [0.15, 0.2) is 0 Å². The van der Waals surface area contributed by atoms with E-state index in [0.29, 0.717) is 49.6 Å². The van der Waals surface area contributed by atoms with Crippen LogP contribution in [0.2, 0.25) is 0 Å². The molecule has 1 N–H and O–H groups in total. The summed E-state index contributed by atoms with van der Waals surface area (Å²) in [5.41, 5.74) is 3.29. The van der Waals surface area contributed by atoms with Crippen molar-refractivity contribution in [1.29, 1.82) is 0 Å². The molecule has 3 heterocycles. The van der Waals surface area contributed by atoms with Crippen molar-refractivity contribution in [2.75, 3.05) is 13.1 Å². The minimum Gasteiger partial charge on any atom is -0.489 e. The molecule has 2 aromatic carbocycles. The number of ether oxygens (including phenoxy) is 1. The second kappa shape index (κ2) is 8.26. The van der Waals surface area contributed by atoms with Gasteiger partial charge in [-0.2, -0.15) is 0 Å². The zero-order chi connectivity index (χ0) is 22.1. The first-order valence-corrected chi connectivity index (χ1v) is 10.5. The van der Waals surface area contributed by atoms with Gasteiger partial charge < -0.3 is 19.2 Å². The number of furan rings is 1. The van der Waals surface area contributed by atoms with Gasteiger partial charge in [-0.3, -0.25) is 9.36 Å². The summed E-state index contributed by atoms with van der Waals surface area (Å²) >= 11 is 0. The SMILES string of the molecule is O=C(O)N1CCc2oc3cc(-n4ccc(OCc5ccccc5)cc4=O)ccc3c2CC1. The molecule has 32 heavy (non-hydrogen) atoms. The predicted molar refractivity (Wildman–Crippen MR) is 120 cm³/mol. The van der Waals surface area contributed by atoms with E-state index in [1.807, 2.05) is 48.5 Å². The molecule has 0 bridgehead atoms. The smallest absolute Gasteiger partial charge is 0.407 e. The van der Waals surface area contributed by atoms with Gasteiger partial charge in [0.2, 0.25) is 0 Å². The zero-order valence-electron chi connectivity index (χ0n) is 17.4. The largest absolute Gasteiger partial charge is 0.489 e. The van der Waals surface area contributed by atoms with Gasteiger partial charge in [0, 0.05) is 48.8 Å². The van der Waals surface area contributed by atoms with E-state index in [2.05, 4.69) is 0 Å². The van der Waals surface area contributed by atoms with Crippen LogP contribution in [0, 0.1) is 0 Å². The molecule has 0 atom stereocenters. The quantitative estimate of drug-likeness (QED) is 0.523. The molecule has 0 saturated carbocycles. The molecular formula is C25H22N2O5. The Morgan fingerprint density at radius 1 is 1.03 bits per heavy atom. The van der Waals surface area contributed by atoms with Crippen LogP contribution in [0.3, 0.4) is 0 Å². The highest BCUT2D eigenvalue weighted by Gasteiger charge is 2.22. The summed E-state index contributed by atoms with van der Waals surface area (Å²) in [6.45, 7) is 1.26. The Kier molecular flexibility index (Phi) is 5.15. The fourth-order valence-corrected chi connectivity index (χ4v) is 4.11. The number of rotatable bonds is 4. The molecule has 5 rings (SSSR count). The van der Waals surface area contributed by atoms with Crippen molar-refractivity contribution in [2.45, 2.75) is 19.4 Å². The molecule has 162 valence electrons. The lowest BCUT2D eigenvalue weighted by atomic mass is 10.1. The summed E-state index contributed by atoms with van der Waals surface area (Å²) in [6.07, 6.45) is 1.94. The summed E-state index contributed by atoms with van der Waals surface area (Å²) in [6, 6.07) is 18.7. The third-order valence-electron chi connectivity index (χ3n) is 5.79. The van der Waals surface area contributed by atoms with Crippen molar-refractivity contribution in [3.63, 3.8) is 0 Å². The van der Waals surface area contributed by atoms with Gasteiger partial charge in [-0.05, 0) is 30.2 Å². The lowest BCUT2D eigenvalue weighted by Crippen LogP contribution is -2.31. The average Bonchev–Trinajstić information content (AvgIpc) is 3.00. The summed E-state index contributed by atoms with van der Waals surface area (Å²) in [5, 5.41) is 10.2. The summed E-state index contributed by atoms with van der Waals surface area (Å²) < 4.78 is 13.4. The predicted octanol–water partition coefficient (Wildman–Crippen LogP) is 4.24. The van der Waals surface area contributed by atoms with E-state index in [4.69, 9.17) is 9.15 Å². The minimum absolute atomic E-state index is 0.194. The van der Waals surface area contributed by atoms with Crippen molar-refractivity contribution in [1.82, 2.24) is 9.47 Å². The standard InChI is InChI=1S/C25H22N2O5/c28-24-15-19(31-16-17-4-2-1-3-5-17)8-13-27(24)18-6-7-20-21-9-11-26(25(29)30)12-10-22(21)32-23(20)14-18/h1-8,13-15H,9-12,16H2,(H,29,30). The average molecular weight is 430 g/mol. The van der Waals surface area contributed by atoms with Crippen LogP contribution in [0.25, 0.3) is 16.7 Å². The van der Waals surface area contributed by atoms with Crippen LogP contribution in [-0.2, 0) is 19.4 Å². The number of amides is 1. The summed E-state index contributed by atoms with van der Waals surface area (Å²) in [7, 11) is 0. The van der Waals surface area contributed by atoms with Crippen LogP contribution >= 0.6 is 0 Å². The van der Waals surface area contributed by atoms with Crippen LogP contribution in [0.1, 0.15) is 16.9 Å². The number of pyridine rings is 1. The van der Waals surface area contributed by atoms with Crippen molar-refractivity contribution in [3.05, 3.63) is 94.1 Å². The van der Waals surface area contributed by atoms with Crippen LogP contribution in [-0.4, -0.2) is 33.8 Å². The molecule has 4 aromatic rings.